The van der Waals surface area contributed by atoms with Crippen LogP contribution in [0.4, 0.5) is 20.6 Å². The highest BCUT2D eigenvalue weighted by Crippen LogP contribution is 2.22. The molecule has 0 radical (unpaired) electrons. The zero-order valence-corrected chi connectivity index (χ0v) is 15.2. The molecule has 1 heterocycles. The summed E-state index contributed by atoms with van der Waals surface area (Å²) < 4.78 is 18.5. The van der Waals surface area contributed by atoms with E-state index >= 15 is 0 Å². The Kier molecular flexibility index (Phi) is 5.71. The maximum atomic E-state index is 13.3. The highest BCUT2D eigenvalue weighted by molar-refractivity contribution is 9.10. The van der Waals surface area contributed by atoms with E-state index in [0.29, 0.717) is 5.69 Å². The lowest BCUT2D eigenvalue weighted by Gasteiger charge is -2.13. The van der Waals surface area contributed by atoms with E-state index in [0.717, 1.165) is 25.7 Å². The molecule has 0 unspecified atom stereocenters. The van der Waals surface area contributed by atoms with E-state index in [1.807, 2.05) is 0 Å². The zero-order chi connectivity index (χ0) is 18.5. The molecular formula is C16H17BrFN5O3. The number of benzene rings is 1. The minimum absolute atomic E-state index is 0.0616. The molecule has 1 aliphatic rings. The minimum Gasteiger partial charge on any atom is -0.409 e. The average Bonchev–Trinajstić information content (AvgIpc) is 3.28. The van der Waals surface area contributed by atoms with Crippen LogP contribution in [0, 0.1) is 5.82 Å². The third-order valence-electron chi connectivity index (χ3n) is 4.01. The van der Waals surface area contributed by atoms with Crippen LogP contribution >= 0.6 is 15.9 Å². The van der Waals surface area contributed by atoms with Crippen LogP contribution in [0.1, 0.15) is 31.4 Å². The summed E-state index contributed by atoms with van der Waals surface area (Å²) in [6, 6.07) is 3.95. The maximum Gasteiger partial charge on any atom is 0.319 e. The summed E-state index contributed by atoms with van der Waals surface area (Å²) in [7, 11) is 0. The quantitative estimate of drug-likeness (QED) is 0.257. The molecule has 8 nitrogen and oxygen atoms in total. The van der Waals surface area contributed by atoms with Crippen molar-refractivity contribution in [3.8, 4) is 0 Å². The predicted octanol–water partition coefficient (Wildman–Crippen LogP) is 3.89. The third kappa shape index (κ3) is 4.31. The van der Waals surface area contributed by atoms with Crippen LogP contribution in [-0.2, 0) is 0 Å². The number of nitrogens with zero attached hydrogens (tertiary/aromatic N) is 2. The number of carbonyl (C=O) groups is 1. The highest BCUT2D eigenvalue weighted by atomic mass is 79.9. The van der Waals surface area contributed by atoms with Gasteiger partial charge in [-0.2, -0.15) is 0 Å². The number of rotatable bonds is 4. The largest absolute Gasteiger partial charge is 0.409 e. The first-order valence-corrected chi connectivity index (χ1v) is 8.82. The van der Waals surface area contributed by atoms with Gasteiger partial charge in [0.15, 0.2) is 5.69 Å². The molecule has 1 aliphatic carbocycles. The van der Waals surface area contributed by atoms with E-state index in [4.69, 9.17) is 4.52 Å². The van der Waals surface area contributed by atoms with E-state index in [-0.39, 0.29) is 33.8 Å². The third-order valence-corrected chi connectivity index (χ3v) is 4.62. The predicted molar refractivity (Wildman–Crippen MR) is 97.0 cm³/mol. The van der Waals surface area contributed by atoms with Gasteiger partial charge in [-0.3, -0.25) is 0 Å². The Balaban J connectivity index is 1.70. The summed E-state index contributed by atoms with van der Waals surface area (Å²) >= 11 is 3.08. The second-order valence-corrected chi connectivity index (χ2v) is 6.71. The normalized spacial score (nSPS) is 15.1. The van der Waals surface area contributed by atoms with E-state index in [1.165, 1.54) is 24.5 Å². The highest BCUT2D eigenvalue weighted by Gasteiger charge is 2.21. The number of hydrogen-bond acceptors (Lipinski definition) is 5. The van der Waals surface area contributed by atoms with Gasteiger partial charge in [0.25, 0.3) is 0 Å². The first kappa shape index (κ1) is 18.2. The maximum absolute atomic E-state index is 13.3. The van der Waals surface area contributed by atoms with Crippen LogP contribution in [0.2, 0.25) is 0 Å². The van der Waals surface area contributed by atoms with Crippen LogP contribution in [0.15, 0.2) is 38.6 Å². The van der Waals surface area contributed by atoms with E-state index < -0.39 is 5.82 Å². The number of anilines is 2. The lowest BCUT2D eigenvalue weighted by Crippen LogP contribution is -2.36. The number of amidine groups is 1. The summed E-state index contributed by atoms with van der Waals surface area (Å²) in [5.74, 6) is -0.487. The van der Waals surface area contributed by atoms with Gasteiger partial charge in [0.05, 0.1) is 4.47 Å². The Morgan fingerprint density at radius 2 is 2.12 bits per heavy atom. The molecule has 0 bridgehead atoms. The van der Waals surface area contributed by atoms with Gasteiger partial charge >= 0.3 is 6.03 Å². The summed E-state index contributed by atoms with van der Waals surface area (Å²) in [5, 5.41) is 24.5. The van der Waals surface area contributed by atoms with Gasteiger partial charge in [-0.05, 0) is 47.0 Å². The summed E-state index contributed by atoms with van der Waals surface area (Å²) in [4.78, 5) is 12.1. The molecule has 1 fully saturated rings. The molecule has 0 aliphatic heterocycles. The average molecular weight is 426 g/mol. The fraction of sp³-hybridized carbons (Fsp3) is 0.312. The smallest absolute Gasteiger partial charge is 0.319 e. The van der Waals surface area contributed by atoms with Crippen molar-refractivity contribution in [2.24, 2.45) is 5.16 Å². The van der Waals surface area contributed by atoms with Gasteiger partial charge in [-0.25, -0.2) is 9.18 Å². The number of halogens is 2. The van der Waals surface area contributed by atoms with E-state index in [2.05, 4.69) is 42.2 Å². The number of nitrogens with one attached hydrogen (secondary N) is 3. The van der Waals surface area contributed by atoms with Crippen molar-refractivity contribution in [3.05, 3.63) is 40.4 Å². The van der Waals surface area contributed by atoms with Crippen LogP contribution in [0.25, 0.3) is 0 Å². The van der Waals surface area contributed by atoms with Gasteiger partial charge in [0.2, 0.25) is 5.84 Å². The first-order chi connectivity index (χ1) is 12.6. The molecule has 1 aromatic carbocycles. The topological polar surface area (TPSA) is 112 Å². The molecule has 4 N–H and O–H groups in total. The van der Waals surface area contributed by atoms with E-state index in [9.17, 15) is 14.4 Å². The van der Waals surface area contributed by atoms with Crippen LogP contribution in [0.3, 0.4) is 0 Å². The number of carbonyl (C=O) groups excluding carboxylic acids is 1. The molecule has 10 heteroatoms. The van der Waals surface area contributed by atoms with E-state index in [1.54, 1.807) is 0 Å². The number of amides is 2. The van der Waals surface area contributed by atoms with Crippen molar-refractivity contribution in [2.45, 2.75) is 31.7 Å². The monoisotopic (exact) mass is 425 g/mol. The number of hydrogen-bond donors (Lipinski definition) is 4. The lowest BCUT2D eigenvalue weighted by atomic mass is 10.2. The molecular weight excluding hydrogens is 409 g/mol. The van der Waals surface area contributed by atoms with Crippen molar-refractivity contribution < 1.29 is 18.9 Å². The standard InChI is InChI=1S/C16H17BrFN5O3/c17-11-7-10(5-6-12(11)18)19-15(22-25)14-13(8-26-23-14)21-16(24)20-9-3-1-2-4-9/h5-9,25H,1-4H2,(H,19,22)(H2,20,21,24). The minimum atomic E-state index is -0.426. The van der Waals surface area contributed by atoms with Gasteiger partial charge < -0.3 is 25.7 Å². The second-order valence-electron chi connectivity index (χ2n) is 5.86. The van der Waals surface area contributed by atoms with Crippen molar-refractivity contribution in [3.63, 3.8) is 0 Å². The molecule has 138 valence electrons. The van der Waals surface area contributed by atoms with Crippen LogP contribution in [0.5, 0.6) is 0 Å². The molecule has 3 rings (SSSR count). The number of aromatic nitrogens is 1. The molecule has 26 heavy (non-hydrogen) atoms. The van der Waals surface area contributed by atoms with Crippen molar-refractivity contribution >= 4 is 39.2 Å². The summed E-state index contributed by atoms with van der Waals surface area (Å²) in [6.07, 6.45) is 5.34. The van der Waals surface area contributed by atoms with Crippen molar-refractivity contribution in [1.29, 1.82) is 0 Å². The number of urea groups is 1. The Labute approximate surface area is 156 Å². The van der Waals surface area contributed by atoms with Gasteiger partial charge in [0, 0.05) is 11.7 Å². The summed E-state index contributed by atoms with van der Waals surface area (Å²) in [5.41, 5.74) is 0.798. The molecule has 2 amide bonds. The Bertz CT molecular complexity index is 820. The molecule has 1 saturated carbocycles. The second kappa shape index (κ2) is 8.17. The SMILES string of the molecule is O=C(Nc1conc1/C(=N/O)Nc1ccc(F)c(Br)c1)NC1CCCC1. The Hall–Kier alpha value is -2.62. The van der Waals surface area contributed by atoms with Gasteiger partial charge in [-0.1, -0.05) is 23.2 Å². The first-order valence-electron chi connectivity index (χ1n) is 8.03. The molecule has 0 atom stereocenters. The van der Waals surface area contributed by atoms with Crippen LogP contribution < -0.4 is 16.0 Å². The lowest BCUT2D eigenvalue weighted by molar-refractivity contribution is 0.248. The van der Waals surface area contributed by atoms with Crippen molar-refractivity contribution in [2.75, 3.05) is 10.6 Å². The summed E-state index contributed by atoms with van der Waals surface area (Å²) in [6.45, 7) is 0. The molecule has 2 aromatic rings. The zero-order valence-electron chi connectivity index (χ0n) is 13.6. The molecule has 1 aromatic heterocycles. The fourth-order valence-corrected chi connectivity index (χ4v) is 3.13. The Morgan fingerprint density at radius 1 is 1.35 bits per heavy atom. The van der Waals surface area contributed by atoms with Gasteiger partial charge in [0.1, 0.15) is 17.8 Å². The number of oxime groups is 1. The fourth-order valence-electron chi connectivity index (χ4n) is 2.75. The Morgan fingerprint density at radius 3 is 2.81 bits per heavy atom. The van der Waals surface area contributed by atoms with Crippen molar-refractivity contribution in [1.82, 2.24) is 10.5 Å². The molecule has 0 saturated heterocycles. The van der Waals surface area contributed by atoms with Crippen LogP contribution in [-0.4, -0.2) is 28.3 Å². The van der Waals surface area contributed by atoms with Gasteiger partial charge in [-0.15, -0.1) is 0 Å². The molecule has 0 spiro atoms.